The molecule has 0 radical (unpaired) electrons. The molecule has 5 rings (SSSR count). The van der Waals surface area contributed by atoms with E-state index in [9.17, 15) is 9.59 Å². The number of thioether (sulfide) groups is 1. The van der Waals surface area contributed by atoms with Crippen LogP contribution in [-0.2, 0) is 11.3 Å². The van der Waals surface area contributed by atoms with Gasteiger partial charge in [0.15, 0.2) is 5.16 Å². The lowest BCUT2D eigenvalue weighted by atomic mass is 10.1. The molecule has 1 saturated heterocycles. The standard InChI is InChI=1S/C29H30N4O2S/c1-21-12-13-24(18-22(21)2)33-28(35)25-10-6-7-11-26(25)30-29(33)36-20-27(34)32-16-14-31(15-17-32)19-23-8-4-3-5-9-23/h3-13,18H,14-17,19-20H2,1-2H3. The molecular weight excluding hydrogens is 468 g/mol. The Balaban J connectivity index is 1.32. The maximum absolute atomic E-state index is 13.5. The minimum Gasteiger partial charge on any atom is -0.339 e. The van der Waals surface area contributed by atoms with Crippen LogP contribution >= 0.6 is 11.8 Å². The highest BCUT2D eigenvalue weighted by atomic mass is 32.2. The third kappa shape index (κ3) is 5.22. The number of fused-ring (bicyclic) bond motifs is 1. The molecule has 36 heavy (non-hydrogen) atoms. The molecule has 1 aromatic heterocycles. The van der Waals surface area contributed by atoms with Gasteiger partial charge in [-0.2, -0.15) is 0 Å². The Labute approximate surface area is 215 Å². The van der Waals surface area contributed by atoms with Crippen LogP contribution in [0.3, 0.4) is 0 Å². The zero-order valence-electron chi connectivity index (χ0n) is 20.7. The molecule has 1 aliphatic heterocycles. The summed E-state index contributed by atoms with van der Waals surface area (Å²) in [6.45, 7) is 8.11. The van der Waals surface area contributed by atoms with Gasteiger partial charge >= 0.3 is 0 Å². The van der Waals surface area contributed by atoms with Crippen LogP contribution in [0.15, 0.2) is 82.7 Å². The number of amides is 1. The van der Waals surface area contributed by atoms with Gasteiger partial charge in [0, 0.05) is 32.7 Å². The van der Waals surface area contributed by atoms with Crippen LogP contribution in [0.4, 0.5) is 0 Å². The van der Waals surface area contributed by atoms with Gasteiger partial charge in [0.2, 0.25) is 5.91 Å². The molecule has 7 heteroatoms. The minimum atomic E-state index is -0.117. The first-order chi connectivity index (χ1) is 17.5. The second kappa shape index (κ2) is 10.7. The van der Waals surface area contributed by atoms with Crippen molar-refractivity contribution in [3.63, 3.8) is 0 Å². The number of hydrogen-bond donors (Lipinski definition) is 0. The zero-order valence-corrected chi connectivity index (χ0v) is 21.5. The van der Waals surface area contributed by atoms with E-state index >= 15 is 0 Å². The van der Waals surface area contributed by atoms with E-state index < -0.39 is 0 Å². The summed E-state index contributed by atoms with van der Waals surface area (Å²) < 4.78 is 1.64. The average molecular weight is 499 g/mol. The second-order valence-electron chi connectivity index (χ2n) is 9.25. The number of para-hydroxylation sites is 1. The third-order valence-electron chi connectivity index (χ3n) is 6.79. The van der Waals surface area contributed by atoms with Gasteiger partial charge in [-0.15, -0.1) is 0 Å². The average Bonchev–Trinajstić information content (AvgIpc) is 2.90. The molecule has 0 bridgehead atoms. The van der Waals surface area contributed by atoms with E-state index in [2.05, 4.69) is 36.1 Å². The summed E-state index contributed by atoms with van der Waals surface area (Å²) in [4.78, 5) is 35.7. The highest BCUT2D eigenvalue weighted by Gasteiger charge is 2.22. The maximum Gasteiger partial charge on any atom is 0.266 e. The highest BCUT2D eigenvalue weighted by Crippen LogP contribution is 2.23. The van der Waals surface area contributed by atoms with Crippen LogP contribution in [0.5, 0.6) is 0 Å². The Morgan fingerprint density at radius 1 is 0.889 bits per heavy atom. The number of nitrogens with zero attached hydrogens (tertiary/aromatic N) is 4. The molecule has 0 atom stereocenters. The van der Waals surface area contributed by atoms with Gasteiger partial charge in [-0.1, -0.05) is 60.3 Å². The molecule has 6 nitrogen and oxygen atoms in total. The van der Waals surface area contributed by atoms with Crippen molar-refractivity contribution in [2.75, 3.05) is 31.9 Å². The summed E-state index contributed by atoms with van der Waals surface area (Å²) in [5.74, 6) is 0.322. The Morgan fingerprint density at radius 2 is 1.61 bits per heavy atom. The molecule has 3 aromatic carbocycles. The van der Waals surface area contributed by atoms with Crippen molar-refractivity contribution in [1.29, 1.82) is 0 Å². The van der Waals surface area contributed by atoms with E-state index in [1.54, 1.807) is 10.6 Å². The number of hydrogen-bond acceptors (Lipinski definition) is 5. The molecule has 184 valence electrons. The Bertz CT molecular complexity index is 1440. The lowest BCUT2D eigenvalue weighted by Crippen LogP contribution is -2.48. The number of aromatic nitrogens is 2. The molecule has 4 aromatic rings. The normalized spacial score (nSPS) is 14.3. The maximum atomic E-state index is 13.5. The molecule has 1 amide bonds. The summed E-state index contributed by atoms with van der Waals surface area (Å²) in [5, 5.41) is 1.11. The van der Waals surface area contributed by atoms with Crippen molar-refractivity contribution in [3.8, 4) is 5.69 Å². The number of piperazine rings is 1. The van der Waals surface area contributed by atoms with Crippen LogP contribution in [0, 0.1) is 13.8 Å². The number of carbonyl (C=O) groups is 1. The Hall–Kier alpha value is -3.42. The molecule has 0 spiro atoms. The third-order valence-corrected chi connectivity index (χ3v) is 7.72. The highest BCUT2D eigenvalue weighted by molar-refractivity contribution is 7.99. The summed E-state index contributed by atoms with van der Waals surface area (Å²) in [7, 11) is 0. The monoisotopic (exact) mass is 498 g/mol. The lowest BCUT2D eigenvalue weighted by Gasteiger charge is -2.34. The van der Waals surface area contributed by atoms with Crippen LogP contribution in [0.25, 0.3) is 16.6 Å². The van der Waals surface area contributed by atoms with Crippen LogP contribution < -0.4 is 5.56 Å². The first kappa shape index (κ1) is 24.3. The number of aryl methyl sites for hydroxylation is 2. The Morgan fingerprint density at radius 3 is 2.36 bits per heavy atom. The van der Waals surface area contributed by atoms with E-state index in [0.29, 0.717) is 29.1 Å². The largest absolute Gasteiger partial charge is 0.339 e. The molecule has 0 aliphatic carbocycles. The fourth-order valence-electron chi connectivity index (χ4n) is 4.52. The minimum absolute atomic E-state index is 0.0772. The van der Waals surface area contributed by atoms with Crippen molar-refractivity contribution in [3.05, 3.63) is 99.8 Å². The first-order valence-corrected chi connectivity index (χ1v) is 13.2. The second-order valence-corrected chi connectivity index (χ2v) is 10.2. The summed E-state index contributed by atoms with van der Waals surface area (Å²) in [5.41, 5.74) is 4.86. The summed E-state index contributed by atoms with van der Waals surface area (Å²) in [6, 6.07) is 23.8. The topological polar surface area (TPSA) is 58.4 Å². The van der Waals surface area contributed by atoms with Crippen molar-refractivity contribution in [2.45, 2.75) is 25.5 Å². The van der Waals surface area contributed by atoms with Crippen LogP contribution in [0.2, 0.25) is 0 Å². The van der Waals surface area contributed by atoms with E-state index in [1.807, 2.05) is 54.3 Å². The quantitative estimate of drug-likeness (QED) is 0.291. The molecular formula is C29H30N4O2S. The number of benzene rings is 3. The summed E-state index contributed by atoms with van der Waals surface area (Å²) in [6.07, 6.45) is 0. The number of rotatable bonds is 6. The Kier molecular flexibility index (Phi) is 7.20. The van der Waals surface area contributed by atoms with Gasteiger partial charge in [-0.25, -0.2) is 4.98 Å². The van der Waals surface area contributed by atoms with Gasteiger partial charge in [-0.05, 0) is 54.8 Å². The van der Waals surface area contributed by atoms with Crippen molar-refractivity contribution >= 4 is 28.6 Å². The van der Waals surface area contributed by atoms with Crippen molar-refractivity contribution in [2.24, 2.45) is 0 Å². The van der Waals surface area contributed by atoms with Gasteiger partial charge in [0.1, 0.15) is 0 Å². The number of carbonyl (C=O) groups excluding carboxylic acids is 1. The van der Waals surface area contributed by atoms with Crippen molar-refractivity contribution < 1.29 is 4.79 Å². The smallest absolute Gasteiger partial charge is 0.266 e. The molecule has 0 N–H and O–H groups in total. The predicted molar refractivity (Wildman–Crippen MR) is 146 cm³/mol. The first-order valence-electron chi connectivity index (χ1n) is 12.3. The van der Waals surface area contributed by atoms with E-state index in [0.717, 1.165) is 36.4 Å². The zero-order chi connectivity index (χ0) is 25.1. The fraction of sp³-hybridized carbons (Fsp3) is 0.276. The lowest BCUT2D eigenvalue weighted by molar-refractivity contribution is -0.130. The van der Waals surface area contributed by atoms with E-state index in [1.165, 1.54) is 17.3 Å². The van der Waals surface area contributed by atoms with E-state index in [-0.39, 0.29) is 17.2 Å². The summed E-state index contributed by atoms with van der Waals surface area (Å²) >= 11 is 1.33. The van der Waals surface area contributed by atoms with E-state index in [4.69, 9.17) is 4.98 Å². The molecule has 1 aliphatic rings. The predicted octanol–water partition coefficient (Wildman–Crippen LogP) is 4.44. The van der Waals surface area contributed by atoms with Crippen LogP contribution in [-0.4, -0.2) is 57.2 Å². The molecule has 0 unspecified atom stereocenters. The molecule has 1 fully saturated rings. The van der Waals surface area contributed by atoms with Crippen LogP contribution in [0.1, 0.15) is 16.7 Å². The van der Waals surface area contributed by atoms with Gasteiger partial charge < -0.3 is 4.90 Å². The fourth-order valence-corrected chi connectivity index (χ4v) is 5.43. The van der Waals surface area contributed by atoms with Gasteiger partial charge in [-0.3, -0.25) is 19.1 Å². The van der Waals surface area contributed by atoms with Crippen molar-refractivity contribution in [1.82, 2.24) is 19.4 Å². The van der Waals surface area contributed by atoms with Gasteiger partial charge in [0.25, 0.3) is 5.56 Å². The SMILES string of the molecule is Cc1ccc(-n2c(SCC(=O)N3CCN(Cc4ccccc4)CC3)nc3ccccc3c2=O)cc1C. The molecule has 2 heterocycles. The van der Waals surface area contributed by atoms with Gasteiger partial charge in [0.05, 0.1) is 22.3 Å². The molecule has 0 saturated carbocycles.